The molecule has 0 spiro atoms. The zero-order valence-electron chi connectivity index (χ0n) is 6.48. The molecule has 2 N–H and O–H groups in total. The van der Waals surface area contributed by atoms with Crippen molar-refractivity contribution in [2.45, 2.75) is 18.9 Å². The van der Waals surface area contributed by atoms with Crippen molar-refractivity contribution >= 4 is 38.5 Å². The number of halogens is 2. The molecule has 2 rings (SSSR count). The number of aryl methyl sites for hydroxylation is 1. The Balaban J connectivity index is 2.63. The second-order valence-corrected chi connectivity index (χ2v) is 5.03. The Morgan fingerprint density at radius 3 is 3.00 bits per heavy atom. The molecule has 64 valence electrons. The highest BCUT2D eigenvalue weighted by Gasteiger charge is 2.22. The van der Waals surface area contributed by atoms with Crippen molar-refractivity contribution < 1.29 is 0 Å². The molecule has 0 saturated heterocycles. The summed E-state index contributed by atoms with van der Waals surface area (Å²) in [5.41, 5.74) is 8.72. The Bertz CT molecular complexity index is 325. The second kappa shape index (κ2) is 3.27. The molecule has 0 aromatic heterocycles. The lowest BCUT2D eigenvalue weighted by molar-refractivity contribution is 0.711. The van der Waals surface area contributed by atoms with Gasteiger partial charge in [-0.1, -0.05) is 6.07 Å². The average molecular weight is 338 g/mol. The van der Waals surface area contributed by atoms with Gasteiger partial charge in [0.25, 0.3) is 0 Å². The molecule has 1 aliphatic rings. The first-order chi connectivity index (χ1) is 5.70. The van der Waals surface area contributed by atoms with E-state index in [9.17, 15) is 0 Å². The van der Waals surface area contributed by atoms with Gasteiger partial charge in [0.1, 0.15) is 0 Å². The third-order valence-electron chi connectivity index (χ3n) is 2.32. The maximum atomic E-state index is 5.98. The molecule has 0 heterocycles. The van der Waals surface area contributed by atoms with Crippen LogP contribution in [0.1, 0.15) is 23.6 Å². The Hall–Kier alpha value is 0.390. The van der Waals surface area contributed by atoms with Gasteiger partial charge in [-0.2, -0.15) is 0 Å². The van der Waals surface area contributed by atoms with Crippen molar-refractivity contribution in [2.75, 3.05) is 0 Å². The Morgan fingerprint density at radius 2 is 2.25 bits per heavy atom. The highest BCUT2D eigenvalue weighted by atomic mass is 127. The zero-order chi connectivity index (χ0) is 8.72. The van der Waals surface area contributed by atoms with Gasteiger partial charge in [-0.3, -0.25) is 0 Å². The van der Waals surface area contributed by atoms with Gasteiger partial charge in [-0.25, -0.2) is 0 Å². The Labute approximate surface area is 94.0 Å². The lowest BCUT2D eigenvalue weighted by Crippen LogP contribution is -2.06. The van der Waals surface area contributed by atoms with Crippen LogP contribution in [0, 0.1) is 3.57 Å². The van der Waals surface area contributed by atoms with Crippen LogP contribution in [0.5, 0.6) is 0 Å². The number of hydrogen-bond donors (Lipinski definition) is 1. The summed E-state index contributed by atoms with van der Waals surface area (Å²) in [4.78, 5) is 0. The molecule has 1 aromatic rings. The van der Waals surface area contributed by atoms with Crippen LogP contribution in [0.2, 0.25) is 0 Å². The minimum absolute atomic E-state index is 0.240. The van der Waals surface area contributed by atoms with E-state index in [0.29, 0.717) is 0 Å². The summed E-state index contributed by atoms with van der Waals surface area (Å²) < 4.78 is 2.45. The first-order valence-corrected chi connectivity index (χ1v) is 5.79. The van der Waals surface area contributed by atoms with Crippen LogP contribution in [0.25, 0.3) is 0 Å². The van der Waals surface area contributed by atoms with Crippen LogP contribution in [0.4, 0.5) is 0 Å². The smallest absolute Gasteiger partial charge is 0.0359 e. The quantitative estimate of drug-likeness (QED) is 0.724. The maximum absolute atomic E-state index is 5.98. The molecule has 1 nitrogen and oxygen atoms in total. The van der Waals surface area contributed by atoms with E-state index in [4.69, 9.17) is 5.73 Å². The van der Waals surface area contributed by atoms with Gasteiger partial charge in [0, 0.05) is 14.1 Å². The average Bonchev–Trinajstić information content (AvgIpc) is 2.41. The molecule has 0 fully saturated rings. The summed E-state index contributed by atoms with van der Waals surface area (Å²) in [5, 5.41) is 0. The largest absolute Gasteiger partial charge is 0.324 e. The van der Waals surface area contributed by atoms with Gasteiger partial charge >= 0.3 is 0 Å². The molecule has 12 heavy (non-hydrogen) atoms. The molecule has 1 aliphatic carbocycles. The third kappa shape index (κ3) is 1.32. The molecule has 0 unspecified atom stereocenters. The van der Waals surface area contributed by atoms with Gasteiger partial charge < -0.3 is 5.73 Å². The van der Waals surface area contributed by atoms with Crippen LogP contribution in [0.15, 0.2) is 16.6 Å². The normalized spacial score (nSPS) is 21.1. The van der Waals surface area contributed by atoms with E-state index in [0.717, 1.165) is 12.8 Å². The van der Waals surface area contributed by atoms with E-state index in [1.165, 1.54) is 19.2 Å². The number of fused-ring (bicyclic) bond motifs is 1. The van der Waals surface area contributed by atoms with Crippen LogP contribution in [-0.4, -0.2) is 0 Å². The lowest BCUT2D eigenvalue weighted by atomic mass is 10.1. The van der Waals surface area contributed by atoms with Crippen LogP contribution in [-0.2, 0) is 6.42 Å². The van der Waals surface area contributed by atoms with Gasteiger partial charge in [0.2, 0.25) is 0 Å². The van der Waals surface area contributed by atoms with Crippen molar-refractivity contribution in [1.29, 1.82) is 0 Å². The molecule has 3 heteroatoms. The fraction of sp³-hybridized carbons (Fsp3) is 0.333. The standard InChI is InChI=1S/C9H9BrIN/c10-9-6(11)3-1-5-2-4-7(12)8(5)9/h1,3,7H,2,4,12H2/t7-/m0/s1. The maximum Gasteiger partial charge on any atom is 0.0359 e. The number of nitrogens with two attached hydrogens (primary N) is 1. The van der Waals surface area contributed by atoms with E-state index in [-0.39, 0.29) is 6.04 Å². The summed E-state index contributed by atoms with van der Waals surface area (Å²) in [7, 11) is 0. The van der Waals surface area contributed by atoms with Gasteiger partial charge in [0.15, 0.2) is 0 Å². The molecule has 0 radical (unpaired) electrons. The lowest BCUT2D eigenvalue weighted by Gasteiger charge is -2.08. The summed E-state index contributed by atoms with van der Waals surface area (Å²) in [5.74, 6) is 0. The summed E-state index contributed by atoms with van der Waals surface area (Å²) in [6.07, 6.45) is 2.22. The van der Waals surface area contributed by atoms with E-state index < -0.39 is 0 Å². The summed E-state index contributed by atoms with van der Waals surface area (Å²) >= 11 is 5.91. The molecule has 0 saturated carbocycles. The third-order valence-corrected chi connectivity index (χ3v) is 4.81. The molecule has 1 aromatic carbocycles. The van der Waals surface area contributed by atoms with Crippen molar-refractivity contribution in [3.8, 4) is 0 Å². The van der Waals surface area contributed by atoms with E-state index in [1.54, 1.807) is 0 Å². The van der Waals surface area contributed by atoms with E-state index in [1.807, 2.05) is 0 Å². The highest BCUT2D eigenvalue weighted by molar-refractivity contribution is 14.1. The number of benzene rings is 1. The predicted octanol–water partition coefficient (Wildman–Crippen LogP) is 3.00. The number of hydrogen-bond acceptors (Lipinski definition) is 1. The minimum Gasteiger partial charge on any atom is -0.324 e. The Kier molecular flexibility index (Phi) is 2.44. The summed E-state index contributed by atoms with van der Waals surface area (Å²) in [6.45, 7) is 0. The molecular weight excluding hydrogens is 329 g/mol. The van der Waals surface area contributed by atoms with Crippen molar-refractivity contribution in [2.24, 2.45) is 5.73 Å². The van der Waals surface area contributed by atoms with Crippen molar-refractivity contribution in [1.82, 2.24) is 0 Å². The fourth-order valence-electron chi connectivity index (χ4n) is 1.68. The fourth-order valence-corrected chi connectivity index (χ4v) is 2.83. The number of rotatable bonds is 0. The van der Waals surface area contributed by atoms with Gasteiger partial charge in [-0.05, 0) is 68.6 Å². The predicted molar refractivity (Wildman–Crippen MR) is 62.1 cm³/mol. The van der Waals surface area contributed by atoms with Gasteiger partial charge in [0.05, 0.1) is 0 Å². The molecule has 0 bridgehead atoms. The second-order valence-electron chi connectivity index (χ2n) is 3.08. The molecular formula is C9H9BrIN. The van der Waals surface area contributed by atoms with Crippen LogP contribution < -0.4 is 5.73 Å². The van der Waals surface area contributed by atoms with E-state index in [2.05, 4.69) is 50.7 Å². The van der Waals surface area contributed by atoms with Crippen LogP contribution >= 0.6 is 38.5 Å². The molecule has 0 aliphatic heterocycles. The SMILES string of the molecule is N[C@H]1CCc2ccc(I)c(Br)c21. The highest BCUT2D eigenvalue weighted by Crippen LogP contribution is 2.37. The topological polar surface area (TPSA) is 26.0 Å². The summed E-state index contributed by atoms with van der Waals surface area (Å²) in [6, 6.07) is 4.57. The molecule has 0 amide bonds. The van der Waals surface area contributed by atoms with Gasteiger partial charge in [-0.15, -0.1) is 0 Å². The van der Waals surface area contributed by atoms with Crippen molar-refractivity contribution in [3.05, 3.63) is 31.3 Å². The monoisotopic (exact) mass is 337 g/mol. The van der Waals surface area contributed by atoms with Crippen molar-refractivity contribution in [3.63, 3.8) is 0 Å². The van der Waals surface area contributed by atoms with E-state index >= 15 is 0 Å². The zero-order valence-corrected chi connectivity index (χ0v) is 10.2. The molecule has 1 atom stereocenters. The minimum atomic E-state index is 0.240. The van der Waals surface area contributed by atoms with Crippen LogP contribution in [0.3, 0.4) is 0 Å². The first-order valence-electron chi connectivity index (χ1n) is 3.92. The first kappa shape index (κ1) is 8.97. The Morgan fingerprint density at radius 1 is 1.50 bits per heavy atom.